The van der Waals surface area contributed by atoms with Crippen LogP contribution in [-0.2, 0) is 9.59 Å². The van der Waals surface area contributed by atoms with Gasteiger partial charge in [0.2, 0.25) is 0 Å². The van der Waals surface area contributed by atoms with E-state index in [1.807, 2.05) is 60.7 Å². The zero-order valence-corrected chi connectivity index (χ0v) is 12.1. The predicted molar refractivity (Wildman–Crippen MR) is 86.2 cm³/mol. The third kappa shape index (κ3) is 2.29. The summed E-state index contributed by atoms with van der Waals surface area (Å²) in [5.41, 5.74) is 1.35. The molecule has 0 aliphatic carbocycles. The topological polar surface area (TPSA) is 40.6 Å². The van der Waals surface area contributed by atoms with Crippen molar-refractivity contribution < 1.29 is 9.59 Å². The van der Waals surface area contributed by atoms with Crippen LogP contribution in [-0.4, -0.2) is 11.8 Å². The summed E-state index contributed by atoms with van der Waals surface area (Å²) in [5, 5.41) is 2.90. The Kier molecular flexibility index (Phi) is 3.74. The van der Waals surface area contributed by atoms with E-state index in [9.17, 15) is 9.59 Å². The van der Waals surface area contributed by atoms with Gasteiger partial charge in [-0.25, -0.2) is 10.0 Å². The van der Waals surface area contributed by atoms with Gasteiger partial charge in [-0.2, -0.15) is 0 Å². The number of hydrazine groups is 1. The van der Waals surface area contributed by atoms with Crippen LogP contribution in [0.2, 0.25) is 0 Å². The fraction of sp³-hybridized carbons (Fsp3) is 0.111. The highest BCUT2D eigenvalue weighted by Gasteiger charge is 2.46. The van der Waals surface area contributed by atoms with Gasteiger partial charge >= 0.3 is 0 Å². The minimum absolute atomic E-state index is 0.222. The van der Waals surface area contributed by atoms with Gasteiger partial charge in [-0.05, 0) is 30.7 Å². The number of hydrogen-bond acceptors (Lipinski definition) is 2. The average Bonchev–Trinajstić information content (AvgIpc) is 2.81. The van der Waals surface area contributed by atoms with Crippen molar-refractivity contribution in [2.45, 2.75) is 6.42 Å². The molecule has 110 valence electrons. The Morgan fingerprint density at radius 2 is 1.23 bits per heavy atom. The molecule has 22 heavy (non-hydrogen) atoms. The normalized spacial score (nSPS) is 15.5. The van der Waals surface area contributed by atoms with Gasteiger partial charge in [0.05, 0.1) is 11.4 Å². The minimum Gasteiger partial charge on any atom is -0.272 e. The van der Waals surface area contributed by atoms with E-state index in [0.29, 0.717) is 17.8 Å². The number of para-hydroxylation sites is 2. The number of allylic oxidation sites excluding steroid dienone is 1. The lowest BCUT2D eigenvalue weighted by atomic mass is 10.1. The first-order valence-corrected chi connectivity index (χ1v) is 7.13. The minimum atomic E-state index is -0.710. The standard InChI is InChI=1S/C18H16N2O2/c1-2-9-16-17(21)19(14-10-5-3-6-11-14)20(18(16)22)15-12-7-4-8-13-15/h2-8,10-13,16H,1,9H2. The number of rotatable bonds is 4. The van der Waals surface area contributed by atoms with Gasteiger partial charge in [-0.1, -0.05) is 42.5 Å². The van der Waals surface area contributed by atoms with Crippen LogP contribution in [0.15, 0.2) is 73.3 Å². The van der Waals surface area contributed by atoms with Crippen LogP contribution in [0.5, 0.6) is 0 Å². The summed E-state index contributed by atoms with van der Waals surface area (Å²) >= 11 is 0. The lowest BCUT2D eigenvalue weighted by Crippen LogP contribution is -2.41. The summed E-state index contributed by atoms with van der Waals surface area (Å²) in [7, 11) is 0. The van der Waals surface area contributed by atoms with Crippen LogP contribution in [0.4, 0.5) is 11.4 Å². The molecule has 1 fully saturated rings. The monoisotopic (exact) mass is 292 g/mol. The van der Waals surface area contributed by atoms with Gasteiger partial charge in [0, 0.05) is 0 Å². The van der Waals surface area contributed by atoms with E-state index >= 15 is 0 Å². The molecule has 2 aromatic carbocycles. The maximum absolute atomic E-state index is 12.7. The van der Waals surface area contributed by atoms with Crippen LogP contribution >= 0.6 is 0 Å². The molecule has 2 aromatic rings. The zero-order valence-electron chi connectivity index (χ0n) is 12.1. The maximum Gasteiger partial charge on any atom is 0.259 e. The molecule has 0 atom stereocenters. The van der Waals surface area contributed by atoms with Gasteiger partial charge in [0.1, 0.15) is 5.92 Å². The molecule has 4 nitrogen and oxygen atoms in total. The second-order valence-corrected chi connectivity index (χ2v) is 5.05. The second-order valence-electron chi connectivity index (χ2n) is 5.05. The van der Waals surface area contributed by atoms with Crippen LogP contribution in [0.25, 0.3) is 0 Å². The SMILES string of the molecule is C=CCC1C(=O)N(c2ccccc2)N(c2ccccc2)C1=O. The Labute approximate surface area is 129 Å². The van der Waals surface area contributed by atoms with E-state index in [-0.39, 0.29) is 11.8 Å². The average molecular weight is 292 g/mol. The van der Waals surface area contributed by atoms with Crippen molar-refractivity contribution in [3.05, 3.63) is 73.3 Å². The van der Waals surface area contributed by atoms with Crippen molar-refractivity contribution in [1.29, 1.82) is 0 Å². The van der Waals surface area contributed by atoms with Crippen molar-refractivity contribution in [3.8, 4) is 0 Å². The molecule has 4 heteroatoms. The van der Waals surface area contributed by atoms with Gasteiger partial charge in [-0.15, -0.1) is 6.58 Å². The molecule has 0 saturated carbocycles. The molecular formula is C18H16N2O2. The quantitative estimate of drug-likeness (QED) is 0.641. The smallest absolute Gasteiger partial charge is 0.259 e. The summed E-state index contributed by atoms with van der Waals surface area (Å²) in [6.07, 6.45) is 1.95. The molecule has 3 rings (SSSR count). The van der Waals surface area contributed by atoms with Gasteiger partial charge in [0.15, 0.2) is 0 Å². The van der Waals surface area contributed by atoms with E-state index < -0.39 is 5.92 Å². The number of nitrogens with zero attached hydrogens (tertiary/aromatic N) is 2. The molecule has 2 amide bonds. The second kappa shape index (κ2) is 5.85. The number of carbonyl (C=O) groups excluding carboxylic acids is 2. The molecular weight excluding hydrogens is 276 g/mol. The first-order valence-electron chi connectivity index (χ1n) is 7.13. The third-order valence-electron chi connectivity index (χ3n) is 3.62. The van der Waals surface area contributed by atoms with Crippen molar-refractivity contribution in [2.24, 2.45) is 5.92 Å². The van der Waals surface area contributed by atoms with Crippen molar-refractivity contribution >= 4 is 23.2 Å². The third-order valence-corrected chi connectivity index (χ3v) is 3.62. The number of carbonyl (C=O) groups is 2. The first-order chi connectivity index (χ1) is 10.7. The Balaban J connectivity index is 2.09. The van der Waals surface area contributed by atoms with E-state index in [0.717, 1.165) is 0 Å². The highest BCUT2D eigenvalue weighted by Crippen LogP contribution is 2.32. The molecule has 0 radical (unpaired) electrons. The predicted octanol–water partition coefficient (Wildman–Crippen LogP) is 3.17. The van der Waals surface area contributed by atoms with E-state index in [2.05, 4.69) is 6.58 Å². The Bertz CT molecular complexity index is 640. The Morgan fingerprint density at radius 1 is 0.818 bits per heavy atom. The molecule has 0 unspecified atom stereocenters. The van der Waals surface area contributed by atoms with Crippen molar-refractivity contribution in [3.63, 3.8) is 0 Å². The molecule has 0 bridgehead atoms. The number of anilines is 2. The molecule has 1 heterocycles. The summed E-state index contributed by atoms with van der Waals surface area (Å²) < 4.78 is 0. The fourth-order valence-electron chi connectivity index (χ4n) is 2.59. The number of hydrogen-bond donors (Lipinski definition) is 0. The zero-order chi connectivity index (χ0) is 15.5. The molecule has 1 aliphatic rings. The Morgan fingerprint density at radius 3 is 1.59 bits per heavy atom. The highest BCUT2D eigenvalue weighted by atomic mass is 16.2. The lowest BCUT2D eigenvalue weighted by molar-refractivity contribution is -0.126. The summed E-state index contributed by atoms with van der Waals surface area (Å²) in [4.78, 5) is 25.4. The highest BCUT2D eigenvalue weighted by molar-refractivity contribution is 6.23. The van der Waals surface area contributed by atoms with Crippen LogP contribution in [0.1, 0.15) is 6.42 Å². The van der Waals surface area contributed by atoms with Crippen LogP contribution < -0.4 is 10.0 Å². The van der Waals surface area contributed by atoms with E-state index in [4.69, 9.17) is 0 Å². The van der Waals surface area contributed by atoms with E-state index in [1.54, 1.807) is 6.08 Å². The van der Waals surface area contributed by atoms with Gasteiger partial charge in [-0.3, -0.25) is 9.59 Å². The van der Waals surface area contributed by atoms with Gasteiger partial charge in [0.25, 0.3) is 11.8 Å². The molecule has 1 aliphatic heterocycles. The van der Waals surface area contributed by atoms with Crippen LogP contribution in [0.3, 0.4) is 0 Å². The largest absolute Gasteiger partial charge is 0.272 e. The maximum atomic E-state index is 12.7. The van der Waals surface area contributed by atoms with Crippen molar-refractivity contribution in [1.82, 2.24) is 0 Å². The number of benzene rings is 2. The number of amides is 2. The molecule has 1 saturated heterocycles. The summed E-state index contributed by atoms with van der Waals surface area (Å²) in [5.74, 6) is -1.15. The summed E-state index contributed by atoms with van der Waals surface area (Å²) in [6, 6.07) is 18.4. The molecule has 0 spiro atoms. The fourth-order valence-corrected chi connectivity index (χ4v) is 2.59. The first kappa shape index (κ1) is 14.1. The lowest BCUT2D eigenvalue weighted by Gasteiger charge is -2.27. The summed E-state index contributed by atoms with van der Waals surface area (Å²) in [6.45, 7) is 3.65. The van der Waals surface area contributed by atoms with Gasteiger partial charge < -0.3 is 0 Å². The van der Waals surface area contributed by atoms with Crippen molar-refractivity contribution in [2.75, 3.05) is 10.0 Å². The van der Waals surface area contributed by atoms with E-state index in [1.165, 1.54) is 10.0 Å². The van der Waals surface area contributed by atoms with Crippen LogP contribution in [0, 0.1) is 5.92 Å². The Hall–Kier alpha value is -2.88. The molecule has 0 N–H and O–H groups in total. The molecule has 0 aromatic heterocycles.